The molecule has 0 heterocycles. The standard InChI is InChI=1S/C77H149NO5/c1-3-5-7-9-11-13-15-17-19-21-34-39-43-47-51-55-59-63-67-71-77(82)83-72-68-64-60-56-52-48-44-40-36-33-31-29-27-25-23-22-24-26-28-30-32-35-38-42-46-50-54-58-62-66-70-76(81)78-74(73-79)75(80)69-65-61-57-53-49-45-41-37-20-18-16-14-12-10-8-6-4-2/h11,13,17,19,74-75,79-80H,3-10,12,14-16,18,20-73H2,1-2H3,(H,78,81)/b13-11-,19-17-. The first-order valence-corrected chi connectivity index (χ1v) is 38.1. The molecule has 0 bridgehead atoms. The molecule has 0 aromatic rings. The number of carbonyl (C=O) groups is 2. The molecule has 2 atom stereocenters. The van der Waals surface area contributed by atoms with Crippen LogP contribution in [0.1, 0.15) is 431 Å². The molecule has 3 N–H and O–H groups in total. The van der Waals surface area contributed by atoms with Gasteiger partial charge in [-0.05, 0) is 57.8 Å². The van der Waals surface area contributed by atoms with E-state index in [-0.39, 0.29) is 18.5 Å². The fourth-order valence-electron chi connectivity index (χ4n) is 12.2. The average Bonchev–Trinajstić information content (AvgIpc) is 3.49. The van der Waals surface area contributed by atoms with Crippen molar-refractivity contribution < 1.29 is 24.5 Å². The lowest BCUT2D eigenvalue weighted by molar-refractivity contribution is -0.143. The van der Waals surface area contributed by atoms with Crippen molar-refractivity contribution in [3.05, 3.63) is 24.3 Å². The summed E-state index contributed by atoms with van der Waals surface area (Å²) in [6, 6.07) is -0.538. The first-order valence-electron chi connectivity index (χ1n) is 38.1. The van der Waals surface area contributed by atoms with Gasteiger partial charge in [-0.3, -0.25) is 9.59 Å². The molecule has 0 aliphatic rings. The summed E-state index contributed by atoms with van der Waals surface area (Å²) in [4.78, 5) is 24.7. The highest BCUT2D eigenvalue weighted by Gasteiger charge is 2.20. The summed E-state index contributed by atoms with van der Waals surface area (Å²) in [6.45, 7) is 4.97. The maximum atomic E-state index is 12.5. The van der Waals surface area contributed by atoms with E-state index in [2.05, 4.69) is 43.5 Å². The third-order valence-electron chi connectivity index (χ3n) is 18.0. The second kappa shape index (κ2) is 72.8. The minimum Gasteiger partial charge on any atom is -0.466 e. The Balaban J connectivity index is 3.32. The smallest absolute Gasteiger partial charge is 0.305 e. The summed E-state index contributed by atoms with van der Waals surface area (Å²) in [6.07, 6.45) is 92.5. The number of carbonyl (C=O) groups excluding carboxylic acids is 2. The van der Waals surface area contributed by atoms with E-state index in [4.69, 9.17) is 4.74 Å². The maximum Gasteiger partial charge on any atom is 0.305 e. The third-order valence-corrected chi connectivity index (χ3v) is 18.0. The second-order valence-electron chi connectivity index (χ2n) is 26.3. The summed E-state index contributed by atoms with van der Waals surface area (Å²) in [5.41, 5.74) is 0. The molecule has 83 heavy (non-hydrogen) atoms. The number of nitrogens with one attached hydrogen (secondary N) is 1. The number of hydrogen-bond donors (Lipinski definition) is 3. The fraction of sp³-hybridized carbons (Fsp3) is 0.922. The highest BCUT2D eigenvalue weighted by atomic mass is 16.5. The second-order valence-corrected chi connectivity index (χ2v) is 26.3. The average molecular weight is 1170 g/mol. The van der Waals surface area contributed by atoms with Crippen LogP contribution in [0.15, 0.2) is 24.3 Å². The van der Waals surface area contributed by atoms with E-state index < -0.39 is 12.1 Å². The van der Waals surface area contributed by atoms with Gasteiger partial charge in [0.25, 0.3) is 0 Å². The van der Waals surface area contributed by atoms with Crippen LogP contribution < -0.4 is 5.32 Å². The van der Waals surface area contributed by atoms with Crippen LogP contribution in [0, 0.1) is 0 Å². The topological polar surface area (TPSA) is 95.9 Å². The number of aliphatic hydroxyl groups excluding tert-OH is 2. The van der Waals surface area contributed by atoms with Crippen LogP contribution in [0.4, 0.5) is 0 Å². The van der Waals surface area contributed by atoms with Gasteiger partial charge < -0.3 is 20.3 Å². The summed E-state index contributed by atoms with van der Waals surface area (Å²) in [5, 5.41) is 23.4. The number of rotatable bonds is 72. The quantitative estimate of drug-likeness (QED) is 0.0320. The highest BCUT2D eigenvalue weighted by molar-refractivity contribution is 5.76. The van der Waals surface area contributed by atoms with Gasteiger partial charge >= 0.3 is 5.97 Å². The molecule has 0 radical (unpaired) electrons. The van der Waals surface area contributed by atoms with Crippen molar-refractivity contribution >= 4 is 11.9 Å². The Kier molecular flexibility index (Phi) is 71.4. The molecule has 1 amide bonds. The Hall–Kier alpha value is -1.66. The summed E-state index contributed by atoms with van der Waals surface area (Å²) in [5.74, 6) is -0.00971. The van der Waals surface area contributed by atoms with E-state index in [0.717, 1.165) is 51.4 Å². The third kappa shape index (κ3) is 69.3. The predicted molar refractivity (Wildman–Crippen MR) is 366 cm³/mol. The van der Waals surface area contributed by atoms with Crippen molar-refractivity contribution in [3.8, 4) is 0 Å². The van der Waals surface area contributed by atoms with E-state index >= 15 is 0 Å². The lowest BCUT2D eigenvalue weighted by Crippen LogP contribution is -2.45. The predicted octanol–water partition coefficient (Wildman–Crippen LogP) is 24.9. The number of amides is 1. The van der Waals surface area contributed by atoms with Gasteiger partial charge in [0.2, 0.25) is 5.91 Å². The zero-order valence-electron chi connectivity index (χ0n) is 56.5. The van der Waals surface area contributed by atoms with Gasteiger partial charge in [0.1, 0.15) is 0 Å². The molecular formula is C77H149NO5. The molecule has 0 fully saturated rings. The Morgan fingerprint density at radius 2 is 0.602 bits per heavy atom. The Morgan fingerprint density at radius 1 is 0.337 bits per heavy atom. The Bertz CT molecular complexity index is 1300. The zero-order valence-corrected chi connectivity index (χ0v) is 56.5. The van der Waals surface area contributed by atoms with Gasteiger partial charge in [-0.1, -0.05) is 385 Å². The molecule has 0 spiro atoms. The fourth-order valence-corrected chi connectivity index (χ4v) is 12.2. The molecule has 6 nitrogen and oxygen atoms in total. The number of aliphatic hydroxyl groups is 2. The molecule has 0 saturated heterocycles. The summed E-state index contributed by atoms with van der Waals surface area (Å²) < 4.78 is 5.51. The first kappa shape index (κ1) is 81.3. The van der Waals surface area contributed by atoms with E-state index in [1.54, 1.807) is 0 Å². The van der Waals surface area contributed by atoms with Gasteiger partial charge in [0.05, 0.1) is 25.4 Å². The van der Waals surface area contributed by atoms with Crippen LogP contribution >= 0.6 is 0 Å². The lowest BCUT2D eigenvalue weighted by atomic mass is 10.0. The van der Waals surface area contributed by atoms with Gasteiger partial charge in [0, 0.05) is 12.8 Å². The maximum absolute atomic E-state index is 12.5. The van der Waals surface area contributed by atoms with Crippen LogP contribution in [0.2, 0.25) is 0 Å². The molecule has 0 aromatic heterocycles. The van der Waals surface area contributed by atoms with Crippen molar-refractivity contribution in [2.45, 2.75) is 443 Å². The number of hydrogen-bond acceptors (Lipinski definition) is 5. The van der Waals surface area contributed by atoms with Crippen molar-refractivity contribution in [2.24, 2.45) is 0 Å². The van der Waals surface area contributed by atoms with Crippen LogP contribution in [0.5, 0.6) is 0 Å². The molecule has 0 aromatic carbocycles. The number of unbranched alkanes of at least 4 members (excludes halogenated alkanes) is 57. The van der Waals surface area contributed by atoms with Crippen LogP contribution in [0.3, 0.4) is 0 Å². The number of esters is 1. The molecule has 0 aliphatic heterocycles. The lowest BCUT2D eigenvalue weighted by Gasteiger charge is -2.22. The van der Waals surface area contributed by atoms with E-state index in [1.807, 2.05) is 0 Å². The minimum absolute atomic E-state index is 0.0173. The number of ether oxygens (including phenoxy) is 1. The summed E-state index contributed by atoms with van der Waals surface area (Å²) in [7, 11) is 0. The van der Waals surface area contributed by atoms with Crippen molar-refractivity contribution in [1.29, 1.82) is 0 Å². The van der Waals surface area contributed by atoms with Crippen molar-refractivity contribution in [2.75, 3.05) is 13.2 Å². The molecular weight excluding hydrogens is 1020 g/mol. The van der Waals surface area contributed by atoms with Gasteiger partial charge in [0.15, 0.2) is 0 Å². The minimum atomic E-state index is -0.662. The van der Waals surface area contributed by atoms with Crippen LogP contribution in [-0.4, -0.2) is 47.4 Å². The molecule has 6 heteroatoms. The Labute approximate surface area is 520 Å². The zero-order chi connectivity index (χ0) is 59.9. The molecule has 2 unspecified atom stereocenters. The van der Waals surface area contributed by atoms with Crippen LogP contribution in [-0.2, 0) is 14.3 Å². The first-order chi connectivity index (χ1) is 41.0. The van der Waals surface area contributed by atoms with E-state index in [1.165, 1.54) is 347 Å². The monoisotopic (exact) mass is 1170 g/mol. The summed E-state index contributed by atoms with van der Waals surface area (Å²) >= 11 is 0. The van der Waals surface area contributed by atoms with Crippen LogP contribution in [0.25, 0.3) is 0 Å². The van der Waals surface area contributed by atoms with Crippen molar-refractivity contribution in [3.63, 3.8) is 0 Å². The Morgan fingerprint density at radius 3 is 0.940 bits per heavy atom. The van der Waals surface area contributed by atoms with Gasteiger partial charge in [-0.25, -0.2) is 0 Å². The molecule has 0 saturated carbocycles. The van der Waals surface area contributed by atoms with E-state index in [9.17, 15) is 19.8 Å². The number of allylic oxidation sites excluding steroid dienone is 4. The highest BCUT2D eigenvalue weighted by Crippen LogP contribution is 2.20. The van der Waals surface area contributed by atoms with E-state index in [0.29, 0.717) is 25.9 Å². The molecule has 0 aliphatic carbocycles. The van der Waals surface area contributed by atoms with Crippen molar-refractivity contribution in [1.82, 2.24) is 5.32 Å². The van der Waals surface area contributed by atoms with Gasteiger partial charge in [-0.2, -0.15) is 0 Å². The largest absolute Gasteiger partial charge is 0.466 e. The normalized spacial score (nSPS) is 12.6. The molecule has 492 valence electrons. The molecule has 0 rings (SSSR count). The van der Waals surface area contributed by atoms with Gasteiger partial charge in [-0.15, -0.1) is 0 Å². The SMILES string of the molecule is CCCCC/C=C\C/C=C\CCCCCCCCCCCC(=O)OCCCCCCCCCCCCCCCCCCCCCCCCCCCCCCCCC(=O)NC(CO)C(O)CCCCCCCCCCCCCCCCCCC.